The predicted molar refractivity (Wildman–Crippen MR) is 125 cm³/mol. The summed E-state index contributed by atoms with van der Waals surface area (Å²) in [4.78, 5) is 36.2. The second kappa shape index (κ2) is 10.7. The number of nitrogens with one attached hydrogen (secondary N) is 2. The van der Waals surface area contributed by atoms with E-state index in [4.69, 9.17) is 4.74 Å². The summed E-state index contributed by atoms with van der Waals surface area (Å²) in [7, 11) is 1.56. The van der Waals surface area contributed by atoms with E-state index in [1.807, 2.05) is 18.2 Å². The standard InChI is InChI=1S/C25H27N5O3/c1-33-21-9-7-19(8-10-21)24(31)29-23-22(26-13-14-27-23)25(32)28-20-11-15-30(16-12-20)17-18-5-3-2-4-6-18/h2-10,13-14,20H,11-12,15-17H2,1H3,(H,28,32)(H,27,29,31). The fraction of sp³-hybridized carbons (Fsp3) is 0.280. The van der Waals surface area contributed by atoms with Crippen molar-refractivity contribution in [1.29, 1.82) is 0 Å². The maximum absolute atomic E-state index is 12.9. The molecule has 1 aliphatic rings. The van der Waals surface area contributed by atoms with Crippen LogP contribution in [0.5, 0.6) is 5.75 Å². The average Bonchev–Trinajstić information content (AvgIpc) is 2.86. The highest BCUT2D eigenvalue weighted by Crippen LogP contribution is 2.17. The summed E-state index contributed by atoms with van der Waals surface area (Å²) < 4.78 is 5.12. The third-order valence-electron chi connectivity index (χ3n) is 5.67. The number of aromatic nitrogens is 2. The normalized spacial score (nSPS) is 14.5. The van der Waals surface area contributed by atoms with Crippen LogP contribution >= 0.6 is 0 Å². The zero-order valence-electron chi connectivity index (χ0n) is 18.5. The molecule has 0 unspecified atom stereocenters. The van der Waals surface area contributed by atoms with Gasteiger partial charge < -0.3 is 15.4 Å². The first-order valence-electron chi connectivity index (χ1n) is 11.0. The maximum Gasteiger partial charge on any atom is 0.273 e. The van der Waals surface area contributed by atoms with Gasteiger partial charge in [-0.15, -0.1) is 0 Å². The molecule has 0 saturated carbocycles. The number of amides is 2. The van der Waals surface area contributed by atoms with E-state index in [2.05, 4.69) is 37.6 Å². The van der Waals surface area contributed by atoms with E-state index in [0.29, 0.717) is 11.3 Å². The third-order valence-corrected chi connectivity index (χ3v) is 5.67. The summed E-state index contributed by atoms with van der Waals surface area (Å²) >= 11 is 0. The van der Waals surface area contributed by atoms with Crippen LogP contribution in [-0.4, -0.2) is 52.9 Å². The van der Waals surface area contributed by atoms with Gasteiger partial charge in [-0.3, -0.25) is 14.5 Å². The Bertz CT molecular complexity index is 1080. The average molecular weight is 446 g/mol. The lowest BCUT2D eigenvalue weighted by Crippen LogP contribution is -2.44. The molecule has 2 amide bonds. The molecular formula is C25H27N5O3. The van der Waals surface area contributed by atoms with Gasteiger partial charge in [0.1, 0.15) is 5.75 Å². The van der Waals surface area contributed by atoms with Crippen LogP contribution in [0.2, 0.25) is 0 Å². The van der Waals surface area contributed by atoms with Crippen molar-refractivity contribution in [2.75, 3.05) is 25.5 Å². The minimum atomic E-state index is -0.374. The van der Waals surface area contributed by atoms with Crippen molar-refractivity contribution < 1.29 is 14.3 Å². The van der Waals surface area contributed by atoms with Crippen LogP contribution in [0.15, 0.2) is 67.0 Å². The van der Waals surface area contributed by atoms with Gasteiger partial charge in [0.15, 0.2) is 11.5 Å². The first-order valence-corrected chi connectivity index (χ1v) is 11.0. The molecule has 4 rings (SSSR count). The van der Waals surface area contributed by atoms with Gasteiger partial charge in [0.25, 0.3) is 11.8 Å². The van der Waals surface area contributed by atoms with Crippen molar-refractivity contribution in [1.82, 2.24) is 20.2 Å². The molecule has 1 aromatic heterocycles. The number of methoxy groups -OCH3 is 1. The number of anilines is 1. The molecule has 1 saturated heterocycles. The lowest BCUT2D eigenvalue weighted by Gasteiger charge is -2.32. The lowest BCUT2D eigenvalue weighted by molar-refractivity contribution is 0.0904. The first kappa shape index (κ1) is 22.4. The largest absolute Gasteiger partial charge is 0.497 e. The molecule has 0 radical (unpaired) electrons. The van der Waals surface area contributed by atoms with Crippen molar-refractivity contribution in [3.8, 4) is 5.75 Å². The number of hydrogen-bond donors (Lipinski definition) is 2. The van der Waals surface area contributed by atoms with Gasteiger partial charge in [0.05, 0.1) is 7.11 Å². The molecule has 2 aromatic carbocycles. The van der Waals surface area contributed by atoms with Gasteiger partial charge in [-0.05, 0) is 42.7 Å². The topological polar surface area (TPSA) is 96.5 Å². The van der Waals surface area contributed by atoms with Gasteiger partial charge in [0.2, 0.25) is 0 Å². The lowest BCUT2D eigenvalue weighted by atomic mass is 10.0. The highest BCUT2D eigenvalue weighted by atomic mass is 16.5. The van der Waals surface area contributed by atoms with Crippen LogP contribution in [0, 0.1) is 0 Å². The summed E-state index contributed by atoms with van der Waals surface area (Å²) in [6.07, 6.45) is 4.60. The number of nitrogens with zero attached hydrogens (tertiary/aromatic N) is 3. The summed E-state index contributed by atoms with van der Waals surface area (Å²) in [5.41, 5.74) is 1.82. The van der Waals surface area contributed by atoms with E-state index in [0.717, 1.165) is 32.5 Å². The Labute approximate surface area is 193 Å². The van der Waals surface area contributed by atoms with E-state index in [1.165, 1.54) is 18.0 Å². The summed E-state index contributed by atoms with van der Waals surface area (Å²) in [6, 6.07) is 17.1. The molecule has 0 atom stereocenters. The molecule has 2 N–H and O–H groups in total. The zero-order chi connectivity index (χ0) is 23.0. The molecule has 2 heterocycles. The van der Waals surface area contributed by atoms with E-state index in [9.17, 15) is 9.59 Å². The third kappa shape index (κ3) is 5.93. The second-order valence-corrected chi connectivity index (χ2v) is 7.95. The van der Waals surface area contributed by atoms with E-state index >= 15 is 0 Å². The fourth-order valence-electron chi connectivity index (χ4n) is 3.85. The Morgan fingerprint density at radius 1 is 0.970 bits per heavy atom. The van der Waals surface area contributed by atoms with Gasteiger partial charge in [0, 0.05) is 43.6 Å². The zero-order valence-corrected chi connectivity index (χ0v) is 18.5. The van der Waals surface area contributed by atoms with Gasteiger partial charge in [-0.1, -0.05) is 30.3 Å². The van der Waals surface area contributed by atoms with Crippen molar-refractivity contribution >= 4 is 17.6 Å². The van der Waals surface area contributed by atoms with Crippen LogP contribution in [-0.2, 0) is 6.54 Å². The van der Waals surface area contributed by atoms with Crippen molar-refractivity contribution in [3.05, 3.63) is 83.8 Å². The molecule has 0 aliphatic carbocycles. The Balaban J connectivity index is 1.34. The van der Waals surface area contributed by atoms with E-state index in [-0.39, 0.29) is 29.4 Å². The van der Waals surface area contributed by atoms with Gasteiger partial charge in [-0.25, -0.2) is 9.97 Å². The number of benzene rings is 2. The van der Waals surface area contributed by atoms with Crippen molar-refractivity contribution in [2.45, 2.75) is 25.4 Å². The number of hydrogen-bond acceptors (Lipinski definition) is 6. The van der Waals surface area contributed by atoms with Crippen molar-refractivity contribution in [3.63, 3.8) is 0 Å². The number of likely N-dealkylation sites (tertiary alicyclic amines) is 1. The van der Waals surface area contributed by atoms with Crippen LogP contribution in [0.1, 0.15) is 39.3 Å². The second-order valence-electron chi connectivity index (χ2n) is 7.95. The maximum atomic E-state index is 12.9. The van der Waals surface area contributed by atoms with E-state index < -0.39 is 0 Å². The number of piperidine rings is 1. The first-order chi connectivity index (χ1) is 16.1. The molecular weight excluding hydrogens is 418 g/mol. The Hall–Kier alpha value is -3.78. The fourth-order valence-corrected chi connectivity index (χ4v) is 3.85. The molecule has 33 heavy (non-hydrogen) atoms. The number of rotatable bonds is 7. The van der Waals surface area contributed by atoms with Crippen LogP contribution in [0.4, 0.5) is 5.82 Å². The molecule has 1 aliphatic heterocycles. The molecule has 1 fully saturated rings. The van der Waals surface area contributed by atoms with Gasteiger partial charge >= 0.3 is 0 Å². The minimum absolute atomic E-state index is 0.0525. The number of carbonyl (C=O) groups excluding carboxylic acids is 2. The molecule has 8 nitrogen and oxygen atoms in total. The SMILES string of the molecule is COc1ccc(C(=O)Nc2nccnc2C(=O)NC2CCN(Cc3ccccc3)CC2)cc1. The molecule has 170 valence electrons. The Kier molecular flexibility index (Phi) is 7.26. The van der Waals surface area contributed by atoms with E-state index in [1.54, 1.807) is 31.4 Å². The van der Waals surface area contributed by atoms with Crippen LogP contribution in [0.3, 0.4) is 0 Å². The molecule has 0 spiro atoms. The summed E-state index contributed by atoms with van der Waals surface area (Å²) in [5, 5.41) is 5.75. The van der Waals surface area contributed by atoms with Crippen LogP contribution < -0.4 is 15.4 Å². The number of carbonyl (C=O) groups is 2. The molecule has 0 bridgehead atoms. The number of ether oxygens (including phenoxy) is 1. The van der Waals surface area contributed by atoms with Crippen LogP contribution in [0.25, 0.3) is 0 Å². The molecule has 8 heteroatoms. The summed E-state index contributed by atoms with van der Waals surface area (Å²) in [5.74, 6) is 0.0781. The minimum Gasteiger partial charge on any atom is -0.497 e. The monoisotopic (exact) mass is 445 g/mol. The quantitative estimate of drug-likeness (QED) is 0.580. The smallest absolute Gasteiger partial charge is 0.273 e. The molecule has 3 aromatic rings. The Morgan fingerprint density at radius 3 is 2.36 bits per heavy atom. The predicted octanol–water partition coefficient (Wildman–Crippen LogP) is 3.13. The summed E-state index contributed by atoms with van der Waals surface area (Å²) in [6.45, 7) is 2.72. The Morgan fingerprint density at radius 2 is 1.67 bits per heavy atom. The highest BCUT2D eigenvalue weighted by Gasteiger charge is 2.24. The highest BCUT2D eigenvalue weighted by molar-refractivity contribution is 6.07. The van der Waals surface area contributed by atoms with Crippen molar-refractivity contribution in [2.24, 2.45) is 0 Å². The van der Waals surface area contributed by atoms with Gasteiger partial charge in [-0.2, -0.15) is 0 Å².